The van der Waals surface area contributed by atoms with Crippen molar-refractivity contribution in [3.8, 4) is 5.75 Å². The van der Waals surface area contributed by atoms with Gasteiger partial charge in [0.2, 0.25) is 5.91 Å². The molecule has 6 nitrogen and oxygen atoms in total. The zero-order valence-corrected chi connectivity index (χ0v) is 12.2. The van der Waals surface area contributed by atoms with Crippen LogP contribution in [0.5, 0.6) is 5.75 Å². The zero-order chi connectivity index (χ0) is 14.5. The van der Waals surface area contributed by atoms with Gasteiger partial charge in [0.25, 0.3) is 0 Å². The van der Waals surface area contributed by atoms with Gasteiger partial charge in [-0.25, -0.2) is 9.78 Å². The lowest BCUT2D eigenvalue weighted by atomic mass is 10.3. The Morgan fingerprint density at radius 3 is 2.95 bits per heavy atom. The van der Waals surface area contributed by atoms with Gasteiger partial charge in [-0.3, -0.25) is 15.4 Å². The molecular weight excluding hydrogens is 302 g/mol. The molecule has 0 saturated heterocycles. The first kappa shape index (κ1) is 14.5. The second-order valence-electron chi connectivity index (χ2n) is 3.79. The van der Waals surface area contributed by atoms with Crippen molar-refractivity contribution >= 4 is 50.2 Å². The highest BCUT2D eigenvalue weighted by atomic mass is 35.5. The monoisotopic (exact) mass is 313 g/mol. The number of hydrogen-bond acceptors (Lipinski definition) is 5. The van der Waals surface area contributed by atoms with E-state index in [1.807, 2.05) is 6.07 Å². The first-order chi connectivity index (χ1) is 9.62. The molecule has 0 spiro atoms. The minimum atomic E-state index is -0.619. The summed E-state index contributed by atoms with van der Waals surface area (Å²) in [7, 11) is 1.58. The fraction of sp³-hybridized carbons (Fsp3) is 0.250. The molecule has 0 fully saturated rings. The molecule has 1 aromatic heterocycles. The predicted molar refractivity (Wildman–Crippen MR) is 78.7 cm³/mol. The molecule has 0 saturated carbocycles. The smallest absolute Gasteiger partial charge is 0.327 e. The molecule has 3 amide bonds. The van der Waals surface area contributed by atoms with Gasteiger partial charge in [0.05, 0.1) is 17.3 Å². The van der Waals surface area contributed by atoms with Gasteiger partial charge in [0.15, 0.2) is 5.13 Å². The SMILES string of the molecule is COc1ccc2nc(NC(=O)NC(=O)CCCl)sc2c1. The van der Waals surface area contributed by atoms with Crippen molar-refractivity contribution in [2.24, 2.45) is 0 Å². The average Bonchev–Trinajstić information content (AvgIpc) is 2.79. The molecule has 0 radical (unpaired) electrons. The maximum absolute atomic E-state index is 11.6. The number of fused-ring (bicyclic) bond motifs is 1. The number of rotatable bonds is 4. The summed E-state index contributed by atoms with van der Waals surface area (Å²) in [6.45, 7) is 0. The summed E-state index contributed by atoms with van der Waals surface area (Å²) in [5.74, 6) is 0.453. The molecule has 0 aliphatic rings. The van der Waals surface area contributed by atoms with Crippen LogP contribution in [0.1, 0.15) is 6.42 Å². The van der Waals surface area contributed by atoms with E-state index in [9.17, 15) is 9.59 Å². The van der Waals surface area contributed by atoms with Crippen LogP contribution in [0.3, 0.4) is 0 Å². The Morgan fingerprint density at radius 1 is 1.45 bits per heavy atom. The quantitative estimate of drug-likeness (QED) is 0.850. The summed E-state index contributed by atoms with van der Waals surface area (Å²) in [5, 5.41) is 5.08. The van der Waals surface area contributed by atoms with Gasteiger partial charge in [-0.05, 0) is 18.2 Å². The van der Waals surface area contributed by atoms with Gasteiger partial charge < -0.3 is 4.74 Å². The number of thiazole rings is 1. The van der Waals surface area contributed by atoms with E-state index in [4.69, 9.17) is 16.3 Å². The number of imide groups is 1. The number of aromatic nitrogens is 1. The number of amides is 3. The molecule has 2 aromatic rings. The molecule has 8 heteroatoms. The minimum absolute atomic E-state index is 0.0893. The average molecular weight is 314 g/mol. The molecule has 106 valence electrons. The van der Waals surface area contributed by atoms with E-state index in [0.29, 0.717) is 5.13 Å². The highest BCUT2D eigenvalue weighted by Crippen LogP contribution is 2.28. The van der Waals surface area contributed by atoms with Gasteiger partial charge in [-0.1, -0.05) is 11.3 Å². The van der Waals surface area contributed by atoms with Crippen molar-refractivity contribution in [1.29, 1.82) is 0 Å². The molecule has 1 aromatic carbocycles. The number of hydrogen-bond donors (Lipinski definition) is 2. The summed E-state index contributed by atoms with van der Waals surface area (Å²) in [5.41, 5.74) is 0.748. The summed E-state index contributed by atoms with van der Waals surface area (Å²) in [6, 6.07) is 4.79. The predicted octanol–water partition coefficient (Wildman–Crippen LogP) is 2.58. The van der Waals surface area contributed by atoms with Gasteiger partial charge in [-0.15, -0.1) is 11.6 Å². The minimum Gasteiger partial charge on any atom is -0.497 e. The number of anilines is 1. The fourth-order valence-electron chi connectivity index (χ4n) is 1.49. The van der Waals surface area contributed by atoms with Crippen molar-refractivity contribution in [3.05, 3.63) is 18.2 Å². The van der Waals surface area contributed by atoms with Crippen LogP contribution in [0.25, 0.3) is 10.2 Å². The van der Waals surface area contributed by atoms with E-state index in [2.05, 4.69) is 15.6 Å². The van der Waals surface area contributed by atoms with Crippen LogP contribution in [-0.2, 0) is 4.79 Å². The third-order valence-electron chi connectivity index (χ3n) is 2.39. The molecule has 0 bridgehead atoms. The maximum Gasteiger partial charge on any atom is 0.327 e. The van der Waals surface area contributed by atoms with Crippen molar-refractivity contribution in [2.75, 3.05) is 18.3 Å². The first-order valence-corrected chi connectivity index (χ1v) is 7.09. The largest absolute Gasteiger partial charge is 0.497 e. The second-order valence-corrected chi connectivity index (χ2v) is 5.20. The van der Waals surface area contributed by atoms with Crippen LogP contribution in [-0.4, -0.2) is 29.9 Å². The summed E-state index contributed by atoms with van der Waals surface area (Å²) >= 11 is 6.70. The molecule has 0 aliphatic heterocycles. The number of carbonyl (C=O) groups is 2. The van der Waals surface area contributed by atoms with Crippen LogP contribution >= 0.6 is 22.9 Å². The molecule has 20 heavy (non-hydrogen) atoms. The number of nitrogens with zero attached hydrogens (tertiary/aromatic N) is 1. The normalized spacial score (nSPS) is 10.3. The van der Waals surface area contributed by atoms with Crippen molar-refractivity contribution in [1.82, 2.24) is 10.3 Å². The van der Waals surface area contributed by atoms with Crippen LogP contribution in [0.15, 0.2) is 18.2 Å². The summed E-state index contributed by atoms with van der Waals surface area (Å²) in [6.07, 6.45) is 0.0893. The second kappa shape index (κ2) is 6.53. The topological polar surface area (TPSA) is 80.3 Å². The number of nitrogens with one attached hydrogen (secondary N) is 2. The van der Waals surface area contributed by atoms with E-state index in [0.717, 1.165) is 16.0 Å². The zero-order valence-electron chi connectivity index (χ0n) is 10.6. The highest BCUT2D eigenvalue weighted by molar-refractivity contribution is 7.22. The Hall–Kier alpha value is -1.86. The van der Waals surface area contributed by atoms with Crippen molar-refractivity contribution in [2.45, 2.75) is 6.42 Å². The third-order valence-corrected chi connectivity index (χ3v) is 3.51. The molecule has 0 unspecified atom stereocenters. The number of ether oxygens (including phenoxy) is 1. The molecule has 1 heterocycles. The molecule has 2 rings (SSSR count). The van der Waals surface area contributed by atoms with Crippen LogP contribution in [0, 0.1) is 0 Å². The summed E-state index contributed by atoms with van der Waals surface area (Å²) in [4.78, 5) is 27.0. The maximum atomic E-state index is 11.6. The van der Waals surface area contributed by atoms with E-state index in [1.54, 1.807) is 19.2 Å². The number of benzene rings is 1. The van der Waals surface area contributed by atoms with Gasteiger partial charge in [0, 0.05) is 12.3 Å². The third kappa shape index (κ3) is 3.58. The Balaban J connectivity index is 2.06. The lowest BCUT2D eigenvalue weighted by Crippen LogP contribution is -2.34. The standard InChI is InChI=1S/C12H12ClN3O3S/c1-19-7-2-3-8-9(6-7)20-12(14-8)16-11(18)15-10(17)4-5-13/h2-3,6H,4-5H2,1H3,(H2,14,15,16,17,18). The van der Waals surface area contributed by atoms with Crippen LogP contribution in [0.2, 0.25) is 0 Å². The number of halogens is 1. The van der Waals surface area contributed by atoms with Gasteiger partial charge in [0.1, 0.15) is 5.75 Å². The molecule has 0 aliphatic carbocycles. The Labute approximate surface area is 124 Å². The van der Waals surface area contributed by atoms with E-state index >= 15 is 0 Å². The van der Waals surface area contributed by atoms with Crippen molar-refractivity contribution < 1.29 is 14.3 Å². The van der Waals surface area contributed by atoms with E-state index < -0.39 is 11.9 Å². The fourth-order valence-corrected chi connectivity index (χ4v) is 2.55. The van der Waals surface area contributed by atoms with Gasteiger partial charge in [-0.2, -0.15) is 0 Å². The van der Waals surface area contributed by atoms with E-state index in [-0.39, 0.29) is 12.3 Å². The van der Waals surface area contributed by atoms with Crippen LogP contribution < -0.4 is 15.4 Å². The van der Waals surface area contributed by atoms with E-state index in [1.165, 1.54) is 11.3 Å². The van der Waals surface area contributed by atoms with Gasteiger partial charge >= 0.3 is 6.03 Å². The lowest BCUT2D eigenvalue weighted by molar-refractivity contribution is -0.119. The first-order valence-electron chi connectivity index (χ1n) is 5.73. The van der Waals surface area contributed by atoms with Crippen molar-refractivity contribution in [3.63, 3.8) is 0 Å². The number of alkyl halides is 1. The molecule has 0 atom stereocenters. The number of carbonyl (C=O) groups excluding carboxylic acids is 2. The molecule has 2 N–H and O–H groups in total. The summed E-state index contributed by atoms with van der Waals surface area (Å²) < 4.78 is 6.00. The highest BCUT2D eigenvalue weighted by Gasteiger charge is 2.10. The number of methoxy groups -OCH3 is 1. The Bertz CT molecular complexity index is 644. The Morgan fingerprint density at radius 2 is 2.25 bits per heavy atom. The number of urea groups is 1. The lowest BCUT2D eigenvalue weighted by Gasteiger charge is -2.02. The van der Waals surface area contributed by atoms with Crippen LogP contribution in [0.4, 0.5) is 9.93 Å². The Kier molecular flexibility index (Phi) is 4.75. The molecular formula is C12H12ClN3O3S.